The summed E-state index contributed by atoms with van der Waals surface area (Å²) in [6.07, 6.45) is 3.61. The third-order valence-corrected chi connectivity index (χ3v) is 5.17. The van der Waals surface area contributed by atoms with Gasteiger partial charge in [0.1, 0.15) is 0 Å². The van der Waals surface area contributed by atoms with Gasteiger partial charge < -0.3 is 19.3 Å². The van der Waals surface area contributed by atoms with E-state index in [1.807, 2.05) is 13.0 Å². The molecule has 0 saturated carbocycles. The lowest BCUT2D eigenvalue weighted by Gasteiger charge is -2.50. The minimum Gasteiger partial charge on any atom is -0.379 e. The van der Waals surface area contributed by atoms with Crippen molar-refractivity contribution in [1.29, 1.82) is 0 Å². The van der Waals surface area contributed by atoms with Crippen molar-refractivity contribution in [2.75, 3.05) is 58.5 Å². The third-order valence-electron chi connectivity index (χ3n) is 5.17. The van der Waals surface area contributed by atoms with Crippen LogP contribution in [0.3, 0.4) is 0 Å². The number of fused-ring (bicyclic) bond motifs is 1. The molecule has 2 aliphatic rings. The Morgan fingerprint density at radius 3 is 3.00 bits per heavy atom. The second-order valence-corrected chi connectivity index (χ2v) is 7.42. The molecule has 0 bridgehead atoms. The lowest BCUT2D eigenvalue weighted by molar-refractivity contribution is -0.125. The van der Waals surface area contributed by atoms with E-state index in [2.05, 4.69) is 40.2 Å². The minimum atomic E-state index is 0.0787. The molecular weight excluding hydrogens is 304 g/mol. The maximum absolute atomic E-state index is 6.11. The molecule has 134 valence electrons. The number of piperidine rings is 1. The van der Waals surface area contributed by atoms with Gasteiger partial charge in [-0.2, -0.15) is 5.10 Å². The fourth-order valence-electron chi connectivity index (χ4n) is 3.78. The van der Waals surface area contributed by atoms with Crippen LogP contribution in [0.25, 0.3) is 0 Å². The van der Waals surface area contributed by atoms with Gasteiger partial charge in [-0.3, -0.25) is 0 Å². The molecule has 0 aliphatic carbocycles. The topological polar surface area (TPSA) is 50.7 Å². The van der Waals surface area contributed by atoms with Gasteiger partial charge in [0, 0.05) is 31.7 Å². The van der Waals surface area contributed by atoms with Gasteiger partial charge in [0.2, 0.25) is 0 Å². The summed E-state index contributed by atoms with van der Waals surface area (Å²) in [5.41, 5.74) is 1.03. The van der Waals surface area contributed by atoms with Gasteiger partial charge in [0.15, 0.2) is 5.82 Å². The van der Waals surface area contributed by atoms with Crippen LogP contribution < -0.4 is 4.90 Å². The predicted molar refractivity (Wildman–Crippen MR) is 94.4 cm³/mol. The second kappa shape index (κ2) is 7.76. The minimum absolute atomic E-state index is 0.0787. The summed E-state index contributed by atoms with van der Waals surface area (Å²) in [6, 6.07) is 4.11. The molecule has 0 unspecified atom stereocenters. The quantitative estimate of drug-likeness (QED) is 0.739. The van der Waals surface area contributed by atoms with Crippen molar-refractivity contribution < 1.29 is 9.47 Å². The number of rotatable bonds is 6. The molecule has 1 aromatic rings. The van der Waals surface area contributed by atoms with Crippen molar-refractivity contribution in [3.05, 3.63) is 17.8 Å². The molecule has 3 heterocycles. The fraction of sp³-hybridized carbons (Fsp3) is 0.778. The highest BCUT2D eigenvalue weighted by Crippen LogP contribution is 2.41. The normalized spacial score (nSPS) is 27.3. The molecule has 3 rings (SSSR count). The number of anilines is 1. The van der Waals surface area contributed by atoms with E-state index in [1.165, 1.54) is 0 Å². The van der Waals surface area contributed by atoms with E-state index >= 15 is 0 Å². The summed E-state index contributed by atoms with van der Waals surface area (Å²) >= 11 is 0. The predicted octanol–water partition coefficient (Wildman–Crippen LogP) is 1.74. The van der Waals surface area contributed by atoms with Crippen molar-refractivity contribution in [2.24, 2.45) is 5.41 Å². The van der Waals surface area contributed by atoms with Crippen LogP contribution >= 0.6 is 0 Å². The van der Waals surface area contributed by atoms with Gasteiger partial charge in [-0.15, -0.1) is 5.10 Å². The van der Waals surface area contributed by atoms with Crippen molar-refractivity contribution in [3.8, 4) is 0 Å². The van der Waals surface area contributed by atoms with Crippen LogP contribution in [-0.2, 0) is 9.47 Å². The van der Waals surface area contributed by atoms with Gasteiger partial charge in [-0.25, -0.2) is 0 Å². The summed E-state index contributed by atoms with van der Waals surface area (Å²) in [4.78, 5) is 4.51. The highest BCUT2D eigenvalue weighted by molar-refractivity contribution is 5.39. The van der Waals surface area contributed by atoms with Crippen LogP contribution in [0.15, 0.2) is 12.1 Å². The van der Waals surface area contributed by atoms with E-state index in [9.17, 15) is 0 Å². The summed E-state index contributed by atoms with van der Waals surface area (Å²) < 4.78 is 12.2. The zero-order valence-corrected chi connectivity index (χ0v) is 15.2. The molecule has 6 heteroatoms. The first-order valence-electron chi connectivity index (χ1n) is 8.98. The Hall–Kier alpha value is -1.24. The van der Waals surface area contributed by atoms with Crippen molar-refractivity contribution in [3.63, 3.8) is 0 Å². The monoisotopic (exact) mass is 334 g/mol. The lowest BCUT2D eigenvalue weighted by Crippen LogP contribution is -2.57. The van der Waals surface area contributed by atoms with Crippen LogP contribution in [0, 0.1) is 12.3 Å². The van der Waals surface area contributed by atoms with Gasteiger partial charge in [-0.1, -0.05) is 0 Å². The third kappa shape index (κ3) is 4.05. The number of aryl methyl sites for hydroxylation is 1. The number of ether oxygens (including phenoxy) is 2. The molecule has 0 radical (unpaired) electrons. The highest BCUT2D eigenvalue weighted by Gasteiger charge is 2.46. The molecular formula is C18H30N4O2. The zero-order valence-electron chi connectivity index (χ0n) is 15.2. The summed E-state index contributed by atoms with van der Waals surface area (Å²) in [6.45, 7) is 7.26. The first-order chi connectivity index (χ1) is 11.6. The Morgan fingerprint density at radius 2 is 2.25 bits per heavy atom. The molecule has 2 atom stereocenters. The zero-order chi connectivity index (χ0) is 17.0. The van der Waals surface area contributed by atoms with E-state index < -0.39 is 0 Å². The van der Waals surface area contributed by atoms with Gasteiger partial charge in [-0.05, 0) is 52.4 Å². The fourth-order valence-corrected chi connectivity index (χ4v) is 3.78. The standard InChI is InChI=1S/C18H30N4O2/c1-15-5-6-17(20-19-15)22-9-7-16-18(13-22,8-4-11-24-16)14-23-12-10-21(2)3/h5-6,16H,4,7-14H2,1-3H3/t16-,18-/m1/s1. The van der Waals surface area contributed by atoms with E-state index in [4.69, 9.17) is 9.47 Å². The van der Waals surface area contributed by atoms with Crippen molar-refractivity contribution in [1.82, 2.24) is 15.1 Å². The Morgan fingerprint density at radius 1 is 1.38 bits per heavy atom. The highest BCUT2D eigenvalue weighted by atomic mass is 16.5. The number of nitrogens with zero attached hydrogens (tertiary/aromatic N) is 4. The summed E-state index contributed by atoms with van der Waals surface area (Å²) in [5.74, 6) is 0.970. The molecule has 2 fully saturated rings. The van der Waals surface area contributed by atoms with Crippen LogP contribution in [0.1, 0.15) is 25.0 Å². The first kappa shape index (κ1) is 17.6. The smallest absolute Gasteiger partial charge is 0.151 e. The van der Waals surface area contributed by atoms with E-state index in [-0.39, 0.29) is 5.41 Å². The van der Waals surface area contributed by atoms with E-state index in [0.717, 1.165) is 70.2 Å². The SMILES string of the molecule is Cc1ccc(N2CC[C@H]3OCCC[C@]3(COCCN(C)C)C2)nn1. The van der Waals surface area contributed by atoms with Crippen LogP contribution in [-0.4, -0.2) is 74.8 Å². The van der Waals surface area contributed by atoms with Gasteiger partial charge in [0.25, 0.3) is 0 Å². The molecule has 1 aromatic heterocycles. The average Bonchev–Trinajstić information content (AvgIpc) is 2.59. The largest absolute Gasteiger partial charge is 0.379 e. The first-order valence-corrected chi connectivity index (χ1v) is 8.98. The number of hydrogen-bond acceptors (Lipinski definition) is 6. The van der Waals surface area contributed by atoms with Crippen LogP contribution in [0.4, 0.5) is 5.82 Å². The molecule has 2 saturated heterocycles. The van der Waals surface area contributed by atoms with Crippen molar-refractivity contribution >= 4 is 5.82 Å². The molecule has 24 heavy (non-hydrogen) atoms. The maximum Gasteiger partial charge on any atom is 0.151 e. The second-order valence-electron chi connectivity index (χ2n) is 7.42. The lowest BCUT2D eigenvalue weighted by atomic mass is 9.73. The Labute approximate surface area is 145 Å². The van der Waals surface area contributed by atoms with Gasteiger partial charge >= 0.3 is 0 Å². The number of hydrogen-bond donors (Lipinski definition) is 0. The molecule has 0 N–H and O–H groups in total. The molecule has 0 spiro atoms. The van der Waals surface area contributed by atoms with Gasteiger partial charge in [0.05, 0.1) is 25.0 Å². The molecule has 0 aromatic carbocycles. The summed E-state index contributed by atoms with van der Waals surface area (Å²) in [7, 11) is 4.15. The van der Waals surface area contributed by atoms with Crippen LogP contribution in [0.5, 0.6) is 0 Å². The van der Waals surface area contributed by atoms with E-state index in [1.54, 1.807) is 0 Å². The maximum atomic E-state index is 6.11. The molecule has 2 aliphatic heterocycles. The average molecular weight is 334 g/mol. The van der Waals surface area contributed by atoms with Crippen LogP contribution in [0.2, 0.25) is 0 Å². The Bertz CT molecular complexity index is 522. The number of aromatic nitrogens is 2. The molecule has 6 nitrogen and oxygen atoms in total. The molecule has 0 amide bonds. The van der Waals surface area contributed by atoms with E-state index in [0.29, 0.717) is 6.10 Å². The number of likely N-dealkylation sites (N-methyl/N-ethyl adjacent to an activating group) is 1. The summed E-state index contributed by atoms with van der Waals surface area (Å²) in [5, 5.41) is 8.59. The Kier molecular flexibility index (Phi) is 5.69. The Balaban J connectivity index is 1.68. The van der Waals surface area contributed by atoms with Crippen molar-refractivity contribution in [2.45, 2.75) is 32.3 Å².